The van der Waals surface area contributed by atoms with Crippen LogP contribution in [-0.2, 0) is 17.8 Å². The molecule has 0 bridgehead atoms. The summed E-state index contributed by atoms with van der Waals surface area (Å²) in [5.41, 5.74) is 2.95. The Morgan fingerprint density at radius 2 is 2.14 bits per heavy atom. The molecular weight excluding hydrogens is 388 g/mol. The molecule has 0 spiro atoms. The van der Waals surface area contributed by atoms with E-state index in [9.17, 15) is 4.79 Å². The van der Waals surface area contributed by atoms with Crippen molar-refractivity contribution in [1.29, 1.82) is 0 Å². The van der Waals surface area contributed by atoms with E-state index in [1.165, 1.54) is 0 Å². The van der Waals surface area contributed by atoms with Crippen molar-refractivity contribution >= 4 is 17.5 Å². The lowest BCUT2D eigenvalue weighted by Crippen LogP contribution is -2.41. The molecule has 3 aromatic rings. The van der Waals surface area contributed by atoms with E-state index in [-0.39, 0.29) is 18.4 Å². The SMILES string of the molecule is Cc1cc(C)n(CC(=O)N2CCC[C@@H](c3ncc(Cc4ccccc4Cl)o3)C2)n1. The van der Waals surface area contributed by atoms with Crippen molar-refractivity contribution < 1.29 is 9.21 Å². The first-order chi connectivity index (χ1) is 14.0. The molecule has 0 unspecified atom stereocenters. The first kappa shape index (κ1) is 19.7. The Labute approximate surface area is 175 Å². The smallest absolute Gasteiger partial charge is 0.244 e. The van der Waals surface area contributed by atoms with Gasteiger partial charge in [-0.1, -0.05) is 29.8 Å². The van der Waals surface area contributed by atoms with Gasteiger partial charge in [0.2, 0.25) is 5.91 Å². The predicted octanol–water partition coefficient (Wildman–Crippen LogP) is 4.14. The second-order valence-corrected chi connectivity index (χ2v) is 8.10. The second-order valence-electron chi connectivity index (χ2n) is 7.70. The van der Waals surface area contributed by atoms with Crippen LogP contribution in [0.2, 0.25) is 5.02 Å². The van der Waals surface area contributed by atoms with Gasteiger partial charge in [-0.25, -0.2) is 4.98 Å². The first-order valence-electron chi connectivity index (χ1n) is 9.96. The molecule has 1 aromatic carbocycles. The van der Waals surface area contributed by atoms with Gasteiger partial charge in [0.25, 0.3) is 0 Å². The summed E-state index contributed by atoms with van der Waals surface area (Å²) in [4.78, 5) is 19.2. The molecule has 6 nitrogen and oxygen atoms in total. The zero-order valence-electron chi connectivity index (χ0n) is 16.8. The van der Waals surface area contributed by atoms with E-state index in [4.69, 9.17) is 16.0 Å². The lowest BCUT2D eigenvalue weighted by molar-refractivity contribution is -0.133. The summed E-state index contributed by atoms with van der Waals surface area (Å²) in [5, 5.41) is 5.13. The summed E-state index contributed by atoms with van der Waals surface area (Å²) < 4.78 is 7.80. The van der Waals surface area contributed by atoms with Crippen LogP contribution in [0.4, 0.5) is 0 Å². The molecule has 0 saturated carbocycles. The van der Waals surface area contributed by atoms with Crippen LogP contribution in [-0.4, -0.2) is 38.7 Å². The average Bonchev–Trinajstić information content (AvgIpc) is 3.30. The molecule has 4 rings (SSSR count). The molecular formula is C22H25ClN4O2. The Morgan fingerprint density at radius 3 is 2.90 bits per heavy atom. The minimum Gasteiger partial charge on any atom is -0.445 e. The van der Waals surface area contributed by atoms with Crippen molar-refractivity contribution in [3.63, 3.8) is 0 Å². The van der Waals surface area contributed by atoms with Crippen molar-refractivity contribution in [2.45, 2.75) is 45.6 Å². The maximum Gasteiger partial charge on any atom is 0.244 e. The van der Waals surface area contributed by atoms with Gasteiger partial charge in [-0.2, -0.15) is 5.10 Å². The molecule has 0 aliphatic carbocycles. The normalized spacial score (nSPS) is 16.9. The zero-order valence-corrected chi connectivity index (χ0v) is 17.5. The lowest BCUT2D eigenvalue weighted by Gasteiger charge is -2.31. The van der Waals surface area contributed by atoms with Crippen LogP contribution in [0.5, 0.6) is 0 Å². The first-order valence-corrected chi connectivity index (χ1v) is 10.3. The van der Waals surface area contributed by atoms with Gasteiger partial charge in [0.15, 0.2) is 5.89 Å². The highest BCUT2D eigenvalue weighted by Gasteiger charge is 2.28. The Kier molecular flexibility index (Phi) is 5.72. The van der Waals surface area contributed by atoms with Gasteiger partial charge >= 0.3 is 0 Å². The Balaban J connectivity index is 1.41. The number of nitrogens with zero attached hydrogens (tertiary/aromatic N) is 4. The molecule has 1 amide bonds. The molecule has 0 radical (unpaired) electrons. The average molecular weight is 413 g/mol. The van der Waals surface area contributed by atoms with E-state index < -0.39 is 0 Å². The molecule has 0 N–H and O–H groups in total. The quantitative estimate of drug-likeness (QED) is 0.631. The molecule has 152 valence electrons. The number of oxazole rings is 1. The van der Waals surface area contributed by atoms with Crippen molar-refractivity contribution in [2.24, 2.45) is 0 Å². The highest BCUT2D eigenvalue weighted by molar-refractivity contribution is 6.31. The molecule has 7 heteroatoms. The second kappa shape index (κ2) is 8.41. The maximum absolute atomic E-state index is 12.8. The molecule has 3 heterocycles. The number of hydrogen-bond donors (Lipinski definition) is 0. The number of aromatic nitrogens is 3. The monoisotopic (exact) mass is 412 g/mol. The number of carbonyl (C=O) groups excluding carboxylic acids is 1. The highest BCUT2D eigenvalue weighted by atomic mass is 35.5. The molecule has 1 aliphatic heterocycles. The van der Waals surface area contributed by atoms with E-state index >= 15 is 0 Å². The number of carbonyl (C=O) groups is 1. The summed E-state index contributed by atoms with van der Waals surface area (Å²) in [7, 11) is 0. The van der Waals surface area contributed by atoms with Gasteiger partial charge in [0, 0.05) is 30.2 Å². The number of hydrogen-bond acceptors (Lipinski definition) is 4. The van der Waals surface area contributed by atoms with Gasteiger partial charge in [0.05, 0.1) is 17.8 Å². The van der Waals surface area contributed by atoms with Gasteiger partial charge in [0.1, 0.15) is 12.3 Å². The van der Waals surface area contributed by atoms with Crippen molar-refractivity contribution in [3.8, 4) is 0 Å². The molecule has 29 heavy (non-hydrogen) atoms. The fraction of sp³-hybridized carbons (Fsp3) is 0.409. The van der Waals surface area contributed by atoms with Gasteiger partial charge in [-0.3, -0.25) is 9.48 Å². The van der Waals surface area contributed by atoms with E-state index in [1.807, 2.05) is 49.1 Å². The third-order valence-corrected chi connectivity index (χ3v) is 5.77. The summed E-state index contributed by atoms with van der Waals surface area (Å²) in [6.07, 6.45) is 4.29. The van der Waals surface area contributed by atoms with E-state index in [0.29, 0.717) is 18.9 Å². The van der Waals surface area contributed by atoms with E-state index in [2.05, 4.69) is 10.1 Å². The van der Waals surface area contributed by atoms with Gasteiger partial charge in [-0.05, 0) is 44.4 Å². The molecule has 2 aromatic heterocycles. The minimum atomic E-state index is 0.0868. The number of halogens is 1. The number of piperidine rings is 1. The van der Waals surface area contributed by atoms with Crippen LogP contribution in [0.3, 0.4) is 0 Å². The molecule has 1 aliphatic rings. The van der Waals surface area contributed by atoms with Crippen LogP contribution in [0.25, 0.3) is 0 Å². The number of likely N-dealkylation sites (tertiary alicyclic amines) is 1. The number of amides is 1. The fourth-order valence-electron chi connectivity index (χ4n) is 3.89. The van der Waals surface area contributed by atoms with E-state index in [0.717, 1.165) is 47.1 Å². The number of aryl methyl sites for hydroxylation is 2. The number of rotatable bonds is 5. The Morgan fingerprint density at radius 1 is 1.31 bits per heavy atom. The third kappa shape index (κ3) is 4.53. The van der Waals surface area contributed by atoms with Crippen LogP contribution in [0.1, 0.15) is 47.4 Å². The fourth-order valence-corrected chi connectivity index (χ4v) is 4.09. The van der Waals surface area contributed by atoms with Crippen LogP contribution >= 0.6 is 11.6 Å². The molecule has 1 saturated heterocycles. The number of benzene rings is 1. The summed E-state index contributed by atoms with van der Waals surface area (Å²) >= 11 is 6.25. The third-order valence-electron chi connectivity index (χ3n) is 5.41. The van der Waals surface area contributed by atoms with Gasteiger partial charge < -0.3 is 9.32 Å². The highest BCUT2D eigenvalue weighted by Crippen LogP contribution is 2.28. The maximum atomic E-state index is 12.8. The lowest BCUT2D eigenvalue weighted by atomic mass is 9.98. The summed E-state index contributed by atoms with van der Waals surface area (Å²) in [6, 6.07) is 9.73. The van der Waals surface area contributed by atoms with Crippen LogP contribution in [0, 0.1) is 13.8 Å². The van der Waals surface area contributed by atoms with E-state index in [1.54, 1.807) is 10.9 Å². The minimum absolute atomic E-state index is 0.0868. The van der Waals surface area contributed by atoms with Crippen LogP contribution < -0.4 is 0 Å². The van der Waals surface area contributed by atoms with Gasteiger partial charge in [-0.15, -0.1) is 0 Å². The zero-order chi connectivity index (χ0) is 20.4. The van der Waals surface area contributed by atoms with Crippen LogP contribution in [0.15, 0.2) is 40.9 Å². The summed E-state index contributed by atoms with van der Waals surface area (Å²) in [6.45, 7) is 5.58. The largest absolute Gasteiger partial charge is 0.445 e. The summed E-state index contributed by atoms with van der Waals surface area (Å²) in [5.74, 6) is 1.70. The topological polar surface area (TPSA) is 64.2 Å². The Bertz CT molecular complexity index is 1010. The molecule has 1 fully saturated rings. The standard InChI is InChI=1S/C22H25ClN4O2/c1-15-10-16(2)27(25-15)14-21(28)26-9-5-7-18(13-26)22-24-12-19(29-22)11-17-6-3-4-8-20(17)23/h3-4,6,8,10,12,18H,5,7,9,11,13-14H2,1-2H3/t18-/m1/s1. The molecule has 1 atom stereocenters. The van der Waals surface area contributed by atoms with Crippen molar-refractivity contribution in [3.05, 3.63) is 70.2 Å². The van der Waals surface area contributed by atoms with Crippen molar-refractivity contribution in [1.82, 2.24) is 19.7 Å². The predicted molar refractivity (Wildman–Crippen MR) is 111 cm³/mol. The Hall–Kier alpha value is -2.60. The van der Waals surface area contributed by atoms with Crippen molar-refractivity contribution in [2.75, 3.05) is 13.1 Å².